The van der Waals surface area contributed by atoms with Crippen molar-refractivity contribution in [1.82, 2.24) is 29.1 Å². The molecule has 4 aromatic heterocycles. The van der Waals surface area contributed by atoms with Crippen molar-refractivity contribution in [1.29, 1.82) is 0 Å². The van der Waals surface area contributed by atoms with Crippen LogP contribution in [0.15, 0.2) is 138 Å². The topological polar surface area (TPSA) is 215 Å². The number of amides is 2. The first kappa shape index (κ1) is 46.2. The number of fused-ring (bicyclic) bond motifs is 2. The molecule has 18 heteroatoms. The van der Waals surface area contributed by atoms with E-state index in [0.717, 1.165) is 5.56 Å². The molecular formula is C51H46N10O8. The molecule has 0 unspecified atom stereocenters. The molecular weight excluding hydrogens is 881 g/mol. The number of anilines is 6. The van der Waals surface area contributed by atoms with Crippen molar-refractivity contribution in [2.75, 3.05) is 49.2 Å². The van der Waals surface area contributed by atoms with Gasteiger partial charge in [-0.2, -0.15) is 9.97 Å². The lowest BCUT2D eigenvalue weighted by molar-refractivity contribution is -0.112. The Balaban J connectivity index is 0.944. The average molecular weight is 927 g/mol. The maximum absolute atomic E-state index is 13.9. The molecule has 0 saturated heterocycles. The van der Waals surface area contributed by atoms with Gasteiger partial charge in [0.15, 0.2) is 0 Å². The third-order valence-electron chi connectivity index (χ3n) is 11.0. The highest BCUT2D eigenvalue weighted by Crippen LogP contribution is 2.33. The van der Waals surface area contributed by atoms with Gasteiger partial charge >= 0.3 is 0 Å². The minimum Gasteiger partial charge on any atom is -0.497 e. The molecule has 0 fully saturated rings. The van der Waals surface area contributed by atoms with Gasteiger partial charge in [-0.25, -0.2) is 9.97 Å². The van der Waals surface area contributed by atoms with Crippen molar-refractivity contribution in [2.24, 2.45) is 14.1 Å². The monoisotopic (exact) mass is 926 g/mol. The van der Waals surface area contributed by atoms with Crippen LogP contribution in [0.4, 0.5) is 34.6 Å². The summed E-state index contributed by atoms with van der Waals surface area (Å²) in [5, 5.41) is 13.2. The van der Waals surface area contributed by atoms with Crippen molar-refractivity contribution in [3.63, 3.8) is 0 Å². The van der Waals surface area contributed by atoms with Gasteiger partial charge in [0.2, 0.25) is 23.7 Å². The number of nitrogens with zero attached hydrogens (tertiary/aromatic N) is 6. The Kier molecular flexibility index (Phi) is 13.4. The van der Waals surface area contributed by atoms with Crippen molar-refractivity contribution < 1.29 is 28.5 Å². The van der Waals surface area contributed by atoms with Gasteiger partial charge in [-0.1, -0.05) is 30.8 Å². The van der Waals surface area contributed by atoms with E-state index in [1.165, 1.54) is 28.4 Å². The molecule has 2 amide bonds. The van der Waals surface area contributed by atoms with Crippen molar-refractivity contribution in [3.05, 3.63) is 154 Å². The summed E-state index contributed by atoms with van der Waals surface area (Å²) in [6, 6.07) is 26.3. The molecule has 4 N–H and O–H groups in total. The normalized spacial score (nSPS) is 11.0. The quantitative estimate of drug-likeness (QED) is 0.0680. The summed E-state index contributed by atoms with van der Waals surface area (Å²) < 4.78 is 25.3. The van der Waals surface area contributed by atoms with E-state index in [1.807, 2.05) is 19.1 Å². The second-order valence-corrected chi connectivity index (χ2v) is 15.5. The third kappa shape index (κ3) is 10.1. The number of benzene rings is 4. The van der Waals surface area contributed by atoms with Gasteiger partial charge in [0.05, 0.1) is 44.1 Å². The number of hydrogen-bond acceptors (Lipinski definition) is 14. The highest BCUT2D eigenvalue weighted by Gasteiger charge is 2.17. The Bertz CT molecular complexity index is 3450. The van der Waals surface area contributed by atoms with Crippen LogP contribution in [-0.4, -0.2) is 68.8 Å². The fourth-order valence-corrected chi connectivity index (χ4v) is 7.45. The smallest absolute Gasteiger partial charge is 0.259 e. The zero-order valence-electron chi connectivity index (χ0n) is 38.4. The van der Waals surface area contributed by atoms with Gasteiger partial charge in [-0.3, -0.25) is 28.3 Å². The molecule has 0 atom stereocenters. The molecule has 0 radical (unpaired) electrons. The number of pyridine rings is 2. The van der Waals surface area contributed by atoms with E-state index < -0.39 is 5.91 Å². The number of aromatic nitrogens is 6. The molecule has 0 bridgehead atoms. The number of carbonyl (C=O) groups excluding carboxylic acids is 2. The molecule has 0 aliphatic rings. The number of ether oxygens (including phenoxy) is 4. The molecule has 4 aromatic carbocycles. The van der Waals surface area contributed by atoms with Crippen molar-refractivity contribution in [3.8, 4) is 45.3 Å². The Morgan fingerprint density at radius 2 is 1.14 bits per heavy atom. The first-order chi connectivity index (χ1) is 33.3. The van der Waals surface area contributed by atoms with Crippen molar-refractivity contribution >= 4 is 68.5 Å². The largest absolute Gasteiger partial charge is 0.497 e. The molecule has 348 valence electrons. The van der Waals surface area contributed by atoms with E-state index >= 15 is 0 Å². The molecule has 0 spiro atoms. The van der Waals surface area contributed by atoms with Crippen LogP contribution >= 0.6 is 0 Å². The zero-order chi connectivity index (χ0) is 48.8. The minimum atomic E-state index is -0.429. The summed E-state index contributed by atoms with van der Waals surface area (Å²) in [7, 11) is 7.85. The molecule has 0 aliphatic heterocycles. The summed E-state index contributed by atoms with van der Waals surface area (Å²) in [6.45, 7) is 5.41. The van der Waals surface area contributed by atoms with E-state index in [1.54, 1.807) is 126 Å². The summed E-state index contributed by atoms with van der Waals surface area (Å²) in [4.78, 5) is 71.0. The fraction of sp³-hybridized carbons (Fsp3) is 0.137. The second-order valence-electron chi connectivity index (χ2n) is 15.5. The number of aryl methyl sites for hydroxylation is 3. The molecule has 0 saturated carbocycles. The van der Waals surface area contributed by atoms with Gasteiger partial charge in [0.1, 0.15) is 40.9 Å². The Labute approximate surface area is 394 Å². The minimum absolute atomic E-state index is 0.00979. The van der Waals surface area contributed by atoms with Crippen LogP contribution in [-0.2, 0) is 23.7 Å². The average Bonchev–Trinajstić information content (AvgIpc) is 3.36. The summed E-state index contributed by atoms with van der Waals surface area (Å²) >= 11 is 0. The van der Waals surface area contributed by atoms with E-state index in [2.05, 4.69) is 47.8 Å². The molecule has 4 heterocycles. The second kappa shape index (κ2) is 20.0. The summed E-state index contributed by atoms with van der Waals surface area (Å²) in [5.74, 6) is 1.56. The lowest BCUT2D eigenvalue weighted by Crippen LogP contribution is -2.20. The predicted octanol–water partition coefficient (Wildman–Crippen LogP) is 7.82. The summed E-state index contributed by atoms with van der Waals surface area (Å²) in [5.41, 5.74) is 5.02. The van der Waals surface area contributed by atoms with Crippen LogP contribution in [0.5, 0.6) is 23.0 Å². The third-order valence-corrected chi connectivity index (χ3v) is 11.0. The van der Waals surface area contributed by atoms with Crippen LogP contribution < -0.4 is 51.3 Å². The Morgan fingerprint density at radius 1 is 0.638 bits per heavy atom. The first-order valence-electron chi connectivity index (χ1n) is 21.3. The van der Waals surface area contributed by atoms with Crippen LogP contribution in [0.1, 0.15) is 5.56 Å². The van der Waals surface area contributed by atoms with E-state index in [4.69, 9.17) is 18.9 Å². The molecule has 0 aliphatic carbocycles. The number of hydrogen-bond donors (Lipinski definition) is 4. The molecule has 18 nitrogen and oxygen atoms in total. The highest BCUT2D eigenvalue weighted by molar-refractivity contribution is 6.02. The van der Waals surface area contributed by atoms with Crippen LogP contribution in [0, 0.1) is 6.92 Å². The lowest BCUT2D eigenvalue weighted by Gasteiger charge is -2.15. The standard InChI is InChI=1S/C51H46N10O8/c1-8-43(62)55-42-16-11-13-29(2)45(42)57-51-53-28-33-24-39(49(65)61(4)47(33)59-51)31-21-36(68-7)26-37(22-31)69-18-12-17-44(63)54-40-14-9-10-15-41(40)56-50-52-27-32-23-38(48(64)60(3)46(32)58-50)30-19-34(66-5)25-35(20-30)67-6/h8-17,19-28H,1,18H2,2-7H3,(H,54,63)(H,55,62)(H,52,56,58)(H,53,57,59). The Morgan fingerprint density at radius 3 is 1.71 bits per heavy atom. The molecule has 69 heavy (non-hydrogen) atoms. The maximum atomic E-state index is 13.9. The SMILES string of the molecule is C=CC(=O)Nc1cccc(C)c1Nc1ncc2cc(-c3cc(OC)cc(OCC=CC(=O)Nc4ccccc4Nc4ncc5cc(-c6cc(OC)cc(OC)c6)c(=O)n(C)c5n4)c3)c(=O)n(C)c2n1. The number of para-hydroxylation sites is 3. The van der Waals surface area contributed by atoms with Crippen molar-refractivity contribution in [2.45, 2.75) is 6.92 Å². The highest BCUT2D eigenvalue weighted by atomic mass is 16.5. The molecule has 8 rings (SSSR count). The Hall–Kier alpha value is -9.32. The van der Waals surface area contributed by atoms with Crippen LogP contribution in [0.2, 0.25) is 0 Å². The van der Waals surface area contributed by atoms with Gasteiger partial charge < -0.3 is 40.2 Å². The fourth-order valence-electron chi connectivity index (χ4n) is 7.45. The van der Waals surface area contributed by atoms with E-state index in [9.17, 15) is 19.2 Å². The lowest BCUT2D eigenvalue weighted by atomic mass is 10.1. The number of nitrogens with one attached hydrogen (secondary N) is 4. The number of methoxy groups -OCH3 is 3. The van der Waals surface area contributed by atoms with E-state index in [0.29, 0.717) is 90.1 Å². The van der Waals surface area contributed by atoms with Gasteiger partial charge in [-0.15, -0.1) is 0 Å². The van der Waals surface area contributed by atoms with Gasteiger partial charge in [-0.05, 0) is 90.4 Å². The molecule has 8 aromatic rings. The predicted molar refractivity (Wildman–Crippen MR) is 266 cm³/mol. The zero-order valence-corrected chi connectivity index (χ0v) is 38.4. The van der Waals surface area contributed by atoms with E-state index in [-0.39, 0.29) is 35.5 Å². The first-order valence-corrected chi connectivity index (χ1v) is 21.3. The van der Waals surface area contributed by atoms with Crippen LogP contribution in [0.25, 0.3) is 44.3 Å². The van der Waals surface area contributed by atoms with Crippen LogP contribution in [0.3, 0.4) is 0 Å². The van der Waals surface area contributed by atoms with Gasteiger partial charge in [0, 0.05) is 66.6 Å². The number of carbonyl (C=O) groups is 2. The van der Waals surface area contributed by atoms with Gasteiger partial charge in [0.25, 0.3) is 11.1 Å². The summed E-state index contributed by atoms with van der Waals surface area (Å²) in [6.07, 6.45) is 7.30. The maximum Gasteiger partial charge on any atom is 0.259 e. The number of rotatable bonds is 16.